The molecule has 0 aliphatic heterocycles. The van der Waals surface area contributed by atoms with Crippen LogP contribution in [0.5, 0.6) is 0 Å². The van der Waals surface area contributed by atoms with Crippen molar-refractivity contribution in [3.8, 4) is 0 Å². The van der Waals surface area contributed by atoms with Gasteiger partial charge in [-0.2, -0.15) is 4.98 Å². The van der Waals surface area contributed by atoms with E-state index in [4.69, 9.17) is 0 Å². The third kappa shape index (κ3) is 2.82. The van der Waals surface area contributed by atoms with Crippen LogP contribution in [0.1, 0.15) is 0 Å². The summed E-state index contributed by atoms with van der Waals surface area (Å²) < 4.78 is 1.21. The highest BCUT2D eigenvalue weighted by Crippen LogP contribution is 2.16. The average molecular weight is 326 g/mol. The van der Waals surface area contributed by atoms with Crippen LogP contribution in [-0.4, -0.2) is 17.0 Å². The van der Waals surface area contributed by atoms with Crippen LogP contribution in [0.25, 0.3) is 0 Å². The van der Waals surface area contributed by atoms with Gasteiger partial charge in [0, 0.05) is 22.5 Å². The zero-order valence-electron chi connectivity index (χ0n) is 8.74. The maximum Gasteiger partial charge on any atom is 0.224 e. The molecule has 1 heterocycles. The molecule has 0 atom stereocenters. The minimum atomic E-state index is 0.607. The van der Waals surface area contributed by atoms with Gasteiger partial charge in [0.15, 0.2) is 0 Å². The molecule has 5 heteroatoms. The van der Waals surface area contributed by atoms with E-state index in [0.29, 0.717) is 5.95 Å². The number of hydrogen-bond acceptors (Lipinski definition) is 4. The number of hydrogen-bond donors (Lipinski definition) is 2. The standard InChI is InChI=1S/C11H11IN4/c1-13-11-14-7-6-10(16-11)15-9-4-2-8(12)3-5-9/h2-7H,1H3,(H2,13,14,15,16). The van der Waals surface area contributed by atoms with Crippen LogP contribution in [0.15, 0.2) is 36.5 Å². The lowest BCUT2D eigenvalue weighted by atomic mass is 10.3. The molecule has 0 saturated carbocycles. The number of anilines is 3. The summed E-state index contributed by atoms with van der Waals surface area (Å²) in [7, 11) is 1.80. The van der Waals surface area contributed by atoms with E-state index >= 15 is 0 Å². The third-order valence-corrected chi connectivity index (χ3v) is 2.71. The zero-order valence-corrected chi connectivity index (χ0v) is 10.9. The van der Waals surface area contributed by atoms with E-state index in [-0.39, 0.29) is 0 Å². The van der Waals surface area contributed by atoms with Crippen molar-refractivity contribution in [1.29, 1.82) is 0 Å². The molecular formula is C11H11IN4. The summed E-state index contributed by atoms with van der Waals surface area (Å²) in [6.45, 7) is 0. The monoisotopic (exact) mass is 326 g/mol. The fourth-order valence-electron chi connectivity index (χ4n) is 1.23. The van der Waals surface area contributed by atoms with Crippen molar-refractivity contribution in [2.45, 2.75) is 0 Å². The molecule has 16 heavy (non-hydrogen) atoms. The van der Waals surface area contributed by atoms with Crippen molar-refractivity contribution in [2.75, 3.05) is 17.7 Å². The van der Waals surface area contributed by atoms with Crippen molar-refractivity contribution in [2.24, 2.45) is 0 Å². The number of aromatic nitrogens is 2. The molecule has 0 unspecified atom stereocenters. The van der Waals surface area contributed by atoms with Gasteiger partial charge in [0.25, 0.3) is 0 Å². The zero-order chi connectivity index (χ0) is 11.4. The van der Waals surface area contributed by atoms with Crippen LogP contribution < -0.4 is 10.6 Å². The predicted octanol–water partition coefficient (Wildman–Crippen LogP) is 2.87. The SMILES string of the molecule is CNc1nccc(Nc2ccc(I)cc2)n1. The van der Waals surface area contributed by atoms with Gasteiger partial charge in [0.2, 0.25) is 5.95 Å². The summed E-state index contributed by atoms with van der Waals surface area (Å²) in [6.07, 6.45) is 1.72. The van der Waals surface area contributed by atoms with Crippen molar-refractivity contribution < 1.29 is 0 Å². The van der Waals surface area contributed by atoms with E-state index in [1.54, 1.807) is 13.2 Å². The third-order valence-electron chi connectivity index (χ3n) is 2.00. The first-order valence-electron chi connectivity index (χ1n) is 4.81. The largest absolute Gasteiger partial charge is 0.357 e. The van der Waals surface area contributed by atoms with Crippen LogP contribution in [0.4, 0.5) is 17.5 Å². The molecule has 0 saturated heterocycles. The van der Waals surface area contributed by atoms with Gasteiger partial charge >= 0.3 is 0 Å². The molecule has 0 radical (unpaired) electrons. The Hall–Kier alpha value is -1.37. The predicted molar refractivity (Wildman–Crippen MR) is 74.0 cm³/mol. The van der Waals surface area contributed by atoms with E-state index in [9.17, 15) is 0 Å². The maximum absolute atomic E-state index is 4.27. The smallest absolute Gasteiger partial charge is 0.224 e. The van der Waals surface area contributed by atoms with Crippen molar-refractivity contribution in [3.05, 3.63) is 40.1 Å². The molecule has 1 aromatic carbocycles. The number of rotatable bonds is 3. The van der Waals surface area contributed by atoms with E-state index < -0.39 is 0 Å². The van der Waals surface area contributed by atoms with Crippen LogP contribution in [-0.2, 0) is 0 Å². The summed E-state index contributed by atoms with van der Waals surface area (Å²) in [5.74, 6) is 1.39. The summed E-state index contributed by atoms with van der Waals surface area (Å²) in [5.41, 5.74) is 1.01. The van der Waals surface area contributed by atoms with Crippen LogP contribution >= 0.6 is 22.6 Å². The molecule has 0 fully saturated rings. The van der Waals surface area contributed by atoms with Gasteiger partial charge in [-0.3, -0.25) is 0 Å². The first kappa shape index (κ1) is 11.1. The Morgan fingerprint density at radius 3 is 2.56 bits per heavy atom. The maximum atomic E-state index is 4.27. The molecule has 1 aromatic heterocycles. The fourth-order valence-corrected chi connectivity index (χ4v) is 1.59. The Morgan fingerprint density at radius 2 is 1.88 bits per heavy atom. The molecule has 0 aliphatic rings. The van der Waals surface area contributed by atoms with Crippen molar-refractivity contribution in [3.63, 3.8) is 0 Å². The molecule has 0 aliphatic carbocycles. The molecule has 4 nitrogen and oxygen atoms in total. The number of nitrogens with one attached hydrogen (secondary N) is 2. The molecular weight excluding hydrogens is 315 g/mol. The summed E-state index contributed by atoms with van der Waals surface area (Å²) >= 11 is 2.28. The van der Waals surface area contributed by atoms with Crippen LogP contribution in [0, 0.1) is 3.57 Å². The second-order valence-corrected chi connectivity index (χ2v) is 4.39. The van der Waals surface area contributed by atoms with Gasteiger partial charge < -0.3 is 10.6 Å². The molecule has 2 rings (SSSR count). The van der Waals surface area contributed by atoms with Gasteiger partial charge in [-0.25, -0.2) is 4.98 Å². The number of benzene rings is 1. The lowest BCUT2D eigenvalue weighted by molar-refractivity contribution is 1.15. The molecule has 2 aromatic rings. The normalized spacial score (nSPS) is 9.88. The average Bonchev–Trinajstić information content (AvgIpc) is 2.32. The van der Waals surface area contributed by atoms with E-state index in [0.717, 1.165) is 11.5 Å². The summed E-state index contributed by atoms with van der Waals surface area (Å²) in [5, 5.41) is 6.11. The number of halogens is 1. The summed E-state index contributed by atoms with van der Waals surface area (Å²) in [6, 6.07) is 9.96. The van der Waals surface area contributed by atoms with Crippen molar-refractivity contribution in [1.82, 2.24) is 9.97 Å². The molecule has 2 N–H and O–H groups in total. The Kier molecular flexibility index (Phi) is 3.55. The minimum Gasteiger partial charge on any atom is -0.357 e. The lowest BCUT2D eigenvalue weighted by Gasteiger charge is -2.06. The molecule has 82 valence electrons. The highest BCUT2D eigenvalue weighted by Gasteiger charge is 1.97. The first-order valence-corrected chi connectivity index (χ1v) is 5.89. The van der Waals surface area contributed by atoms with Crippen molar-refractivity contribution >= 4 is 40.0 Å². The van der Waals surface area contributed by atoms with Gasteiger partial charge in [-0.05, 0) is 52.9 Å². The summed E-state index contributed by atoms with van der Waals surface area (Å²) in [4.78, 5) is 8.32. The van der Waals surface area contributed by atoms with Crippen LogP contribution in [0.3, 0.4) is 0 Å². The topological polar surface area (TPSA) is 49.8 Å². The molecule has 0 spiro atoms. The highest BCUT2D eigenvalue weighted by molar-refractivity contribution is 14.1. The van der Waals surface area contributed by atoms with E-state index in [2.05, 4.69) is 43.2 Å². The number of nitrogens with zero attached hydrogens (tertiary/aromatic N) is 2. The lowest BCUT2D eigenvalue weighted by Crippen LogP contribution is -1.99. The van der Waals surface area contributed by atoms with Gasteiger partial charge in [0.1, 0.15) is 5.82 Å². The molecule has 0 amide bonds. The van der Waals surface area contributed by atoms with Crippen LogP contribution in [0.2, 0.25) is 0 Å². The first-order chi connectivity index (χ1) is 7.78. The minimum absolute atomic E-state index is 0.607. The van der Waals surface area contributed by atoms with E-state index in [1.807, 2.05) is 30.3 Å². The Morgan fingerprint density at radius 1 is 1.12 bits per heavy atom. The Balaban J connectivity index is 2.16. The second kappa shape index (κ2) is 5.11. The van der Waals surface area contributed by atoms with E-state index in [1.165, 1.54) is 3.57 Å². The molecule has 0 bridgehead atoms. The Labute approximate surface area is 108 Å². The second-order valence-electron chi connectivity index (χ2n) is 3.15. The van der Waals surface area contributed by atoms with Gasteiger partial charge in [0.05, 0.1) is 0 Å². The van der Waals surface area contributed by atoms with Gasteiger partial charge in [-0.15, -0.1) is 0 Å². The quantitative estimate of drug-likeness (QED) is 0.852. The van der Waals surface area contributed by atoms with Gasteiger partial charge in [-0.1, -0.05) is 0 Å². The Bertz CT molecular complexity index is 470. The fraction of sp³-hybridized carbons (Fsp3) is 0.0909. The highest BCUT2D eigenvalue weighted by atomic mass is 127.